The predicted octanol–water partition coefficient (Wildman–Crippen LogP) is 2.85. The van der Waals surface area contributed by atoms with Crippen molar-refractivity contribution in [3.05, 3.63) is 35.9 Å². The highest BCUT2D eigenvalue weighted by molar-refractivity contribution is 9.13. The van der Waals surface area contributed by atoms with Gasteiger partial charge in [-0.2, -0.15) is 0 Å². The molecule has 1 fully saturated rings. The normalized spacial score (nSPS) is 32.0. The standard InChI is InChI=1S/C14H16Br2N2O3/c1-3-21-11(19)14(16)10(9-7-5-4-6-8-9)17-12(20)18-13(14,2)15/h4-8,10H,3H2,1-2H3,(H2,17,18,20)/t10-,13-,14-/m1/s1. The van der Waals surface area contributed by atoms with E-state index in [1.54, 1.807) is 13.8 Å². The Bertz CT molecular complexity index is 550. The molecule has 1 heterocycles. The Morgan fingerprint density at radius 1 is 1.33 bits per heavy atom. The van der Waals surface area contributed by atoms with Gasteiger partial charge in [-0.1, -0.05) is 62.2 Å². The SMILES string of the molecule is CCOC(=O)[C@]1(Br)[C@@H](c2ccccc2)NC(=O)N[C@@]1(C)Br. The van der Waals surface area contributed by atoms with Crippen LogP contribution >= 0.6 is 31.9 Å². The van der Waals surface area contributed by atoms with Crippen LogP contribution in [-0.2, 0) is 9.53 Å². The van der Waals surface area contributed by atoms with Crippen LogP contribution in [0.4, 0.5) is 4.79 Å². The van der Waals surface area contributed by atoms with Gasteiger partial charge in [-0.15, -0.1) is 0 Å². The largest absolute Gasteiger partial charge is 0.465 e. The van der Waals surface area contributed by atoms with Crippen molar-refractivity contribution in [1.29, 1.82) is 0 Å². The lowest BCUT2D eigenvalue weighted by atomic mass is 9.85. The molecule has 1 aliphatic rings. The third kappa shape index (κ3) is 2.81. The molecule has 5 nitrogen and oxygen atoms in total. The minimum absolute atomic E-state index is 0.255. The summed E-state index contributed by atoms with van der Waals surface area (Å²) in [6.07, 6.45) is 0. The summed E-state index contributed by atoms with van der Waals surface area (Å²) in [6, 6.07) is 8.36. The molecule has 2 amide bonds. The number of amides is 2. The van der Waals surface area contributed by atoms with E-state index in [4.69, 9.17) is 4.74 Å². The molecule has 0 saturated carbocycles. The Morgan fingerprint density at radius 3 is 2.52 bits per heavy atom. The van der Waals surface area contributed by atoms with E-state index in [1.807, 2.05) is 30.3 Å². The second-order valence-electron chi connectivity index (χ2n) is 4.88. The van der Waals surface area contributed by atoms with E-state index in [1.165, 1.54) is 0 Å². The van der Waals surface area contributed by atoms with E-state index in [0.29, 0.717) is 0 Å². The summed E-state index contributed by atoms with van der Waals surface area (Å²) in [5.41, 5.74) is 0.808. The van der Waals surface area contributed by atoms with Gasteiger partial charge in [0.05, 0.1) is 12.6 Å². The molecule has 0 aliphatic carbocycles. The van der Waals surface area contributed by atoms with Crippen LogP contribution in [-0.4, -0.2) is 27.4 Å². The van der Waals surface area contributed by atoms with Crippen molar-refractivity contribution in [2.45, 2.75) is 28.7 Å². The molecular formula is C14H16Br2N2O3. The molecule has 0 radical (unpaired) electrons. The summed E-state index contributed by atoms with van der Waals surface area (Å²) in [5.74, 6) is -0.453. The lowest BCUT2D eigenvalue weighted by Crippen LogP contribution is -2.71. The van der Waals surface area contributed by atoms with E-state index < -0.39 is 20.8 Å². The summed E-state index contributed by atoms with van der Waals surface area (Å²) in [6.45, 7) is 3.71. The van der Waals surface area contributed by atoms with Crippen molar-refractivity contribution >= 4 is 43.9 Å². The fourth-order valence-corrected chi connectivity index (χ4v) is 3.51. The van der Waals surface area contributed by atoms with Gasteiger partial charge in [0.2, 0.25) is 0 Å². The Hall–Kier alpha value is -1.08. The topological polar surface area (TPSA) is 67.4 Å². The number of esters is 1. The minimum Gasteiger partial charge on any atom is -0.465 e. The average molecular weight is 420 g/mol. The number of ether oxygens (including phenoxy) is 1. The van der Waals surface area contributed by atoms with E-state index in [9.17, 15) is 9.59 Å². The summed E-state index contributed by atoms with van der Waals surface area (Å²) in [4.78, 5) is 24.4. The van der Waals surface area contributed by atoms with Gasteiger partial charge in [0.15, 0.2) is 4.32 Å². The first-order chi connectivity index (χ1) is 9.83. The van der Waals surface area contributed by atoms with Crippen LogP contribution in [0.15, 0.2) is 30.3 Å². The minimum atomic E-state index is -1.19. The molecule has 1 aliphatic heterocycles. The Balaban J connectivity index is 2.52. The van der Waals surface area contributed by atoms with Gasteiger partial charge in [0, 0.05) is 0 Å². The second-order valence-corrected chi connectivity index (χ2v) is 7.71. The van der Waals surface area contributed by atoms with Crippen LogP contribution in [0.1, 0.15) is 25.5 Å². The monoisotopic (exact) mass is 418 g/mol. The average Bonchev–Trinajstić information content (AvgIpc) is 2.43. The second kappa shape index (κ2) is 5.96. The fraction of sp³-hybridized carbons (Fsp3) is 0.429. The number of hydrogen-bond donors (Lipinski definition) is 2. The quantitative estimate of drug-likeness (QED) is 0.449. The number of carbonyl (C=O) groups excluding carboxylic acids is 2. The Kier molecular flexibility index (Phi) is 4.63. The number of alkyl halides is 2. The molecule has 1 saturated heterocycles. The van der Waals surface area contributed by atoms with Crippen LogP contribution < -0.4 is 10.6 Å². The number of hydrogen-bond acceptors (Lipinski definition) is 3. The molecule has 114 valence electrons. The van der Waals surface area contributed by atoms with Gasteiger partial charge in [0.25, 0.3) is 0 Å². The summed E-state index contributed by atoms with van der Waals surface area (Å²) < 4.78 is 3.01. The molecule has 0 spiro atoms. The molecule has 7 heteroatoms. The molecule has 0 bridgehead atoms. The van der Waals surface area contributed by atoms with Crippen LogP contribution in [0.25, 0.3) is 0 Å². The highest BCUT2D eigenvalue weighted by atomic mass is 79.9. The van der Waals surface area contributed by atoms with Crippen molar-refractivity contribution in [3.8, 4) is 0 Å². The smallest absolute Gasteiger partial charge is 0.328 e. The maximum atomic E-state index is 12.5. The van der Waals surface area contributed by atoms with Gasteiger partial charge in [-0.3, -0.25) is 4.79 Å². The number of urea groups is 1. The zero-order valence-electron chi connectivity index (χ0n) is 11.7. The summed E-state index contributed by atoms with van der Waals surface area (Å²) in [5, 5.41) is 5.49. The highest BCUT2D eigenvalue weighted by Crippen LogP contribution is 2.48. The Morgan fingerprint density at radius 2 is 1.95 bits per heavy atom. The Labute approximate surface area is 140 Å². The molecule has 1 aromatic rings. The first kappa shape index (κ1) is 16.3. The van der Waals surface area contributed by atoms with Gasteiger partial charge >= 0.3 is 12.0 Å². The van der Waals surface area contributed by atoms with Crippen molar-refractivity contribution in [3.63, 3.8) is 0 Å². The molecular weight excluding hydrogens is 404 g/mol. The number of nitrogens with one attached hydrogen (secondary N) is 2. The molecule has 0 unspecified atom stereocenters. The number of rotatable bonds is 3. The highest BCUT2D eigenvalue weighted by Gasteiger charge is 2.61. The molecule has 21 heavy (non-hydrogen) atoms. The molecule has 2 N–H and O–H groups in total. The van der Waals surface area contributed by atoms with E-state index in [0.717, 1.165) is 5.56 Å². The fourth-order valence-electron chi connectivity index (χ4n) is 2.35. The molecule has 1 aromatic carbocycles. The van der Waals surface area contributed by atoms with E-state index in [-0.39, 0.29) is 12.6 Å². The van der Waals surface area contributed by atoms with Gasteiger partial charge in [-0.25, -0.2) is 4.79 Å². The lowest BCUT2D eigenvalue weighted by Gasteiger charge is -2.48. The zero-order chi connectivity index (χ0) is 15.7. The number of benzene rings is 1. The van der Waals surface area contributed by atoms with Crippen LogP contribution in [0.3, 0.4) is 0 Å². The van der Waals surface area contributed by atoms with Crippen LogP contribution in [0.5, 0.6) is 0 Å². The van der Waals surface area contributed by atoms with Gasteiger partial charge in [-0.05, 0) is 19.4 Å². The summed E-state index contributed by atoms with van der Waals surface area (Å²) >= 11 is 6.96. The third-order valence-electron chi connectivity index (χ3n) is 3.41. The van der Waals surface area contributed by atoms with Crippen molar-refractivity contribution in [2.24, 2.45) is 0 Å². The summed E-state index contributed by atoms with van der Waals surface area (Å²) in [7, 11) is 0. The molecule has 2 rings (SSSR count). The van der Waals surface area contributed by atoms with E-state index in [2.05, 4.69) is 42.5 Å². The van der Waals surface area contributed by atoms with E-state index >= 15 is 0 Å². The molecule has 3 atom stereocenters. The van der Waals surface area contributed by atoms with Gasteiger partial charge < -0.3 is 15.4 Å². The lowest BCUT2D eigenvalue weighted by molar-refractivity contribution is -0.148. The van der Waals surface area contributed by atoms with Crippen LogP contribution in [0, 0.1) is 0 Å². The third-order valence-corrected chi connectivity index (χ3v) is 6.34. The molecule has 0 aromatic heterocycles. The van der Waals surface area contributed by atoms with Crippen molar-refractivity contribution in [1.82, 2.24) is 10.6 Å². The first-order valence-electron chi connectivity index (χ1n) is 6.51. The van der Waals surface area contributed by atoms with Crippen LogP contribution in [0.2, 0.25) is 0 Å². The first-order valence-corrected chi connectivity index (χ1v) is 8.10. The van der Waals surface area contributed by atoms with Crippen molar-refractivity contribution < 1.29 is 14.3 Å². The van der Waals surface area contributed by atoms with Gasteiger partial charge in [0.1, 0.15) is 4.45 Å². The number of carbonyl (C=O) groups is 2. The number of halogens is 2. The predicted molar refractivity (Wildman–Crippen MR) is 86.5 cm³/mol. The van der Waals surface area contributed by atoms with Crippen molar-refractivity contribution in [2.75, 3.05) is 6.61 Å². The zero-order valence-corrected chi connectivity index (χ0v) is 14.8. The maximum absolute atomic E-state index is 12.5. The maximum Gasteiger partial charge on any atom is 0.328 e.